The van der Waals surface area contributed by atoms with Crippen LogP contribution >= 0.6 is 12.4 Å². The van der Waals surface area contributed by atoms with Crippen molar-refractivity contribution in [2.45, 2.75) is 32.7 Å². The van der Waals surface area contributed by atoms with Crippen LogP contribution in [0.2, 0.25) is 0 Å². The first-order valence-corrected chi connectivity index (χ1v) is 5.61. The van der Waals surface area contributed by atoms with Crippen molar-refractivity contribution in [3.63, 3.8) is 0 Å². The Kier molecular flexibility index (Phi) is 7.19. The fourth-order valence-corrected chi connectivity index (χ4v) is 2.00. The lowest BCUT2D eigenvalue weighted by Gasteiger charge is -2.16. The second-order valence-electron chi connectivity index (χ2n) is 4.16. The molecule has 0 saturated heterocycles. The first kappa shape index (κ1) is 16.2. The highest BCUT2D eigenvalue weighted by molar-refractivity contribution is 5.85. The topological polar surface area (TPSA) is 55.5 Å². The molecule has 0 fully saturated rings. The second kappa shape index (κ2) is 7.54. The summed E-state index contributed by atoms with van der Waals surface area (Å²) in [6.45, 7) is 4.24. The van der Waals surface area contributed by atoms with Crippen molar-refractivity contribution in [2.24, 2.45) is 5.73 Å². The summed E-state index contributed by atoms with van der Waals surface area (Å²) >= 11 is 0. The Morgan fingerprint density at radius 2 is 1.82 bits per heavy atom. The summed E-state index contributed by atoms with van der Waals surface area (Å²) in [6.07, 6.45) is 1.55. The molecule has 1 aromatic carbocycles. The minimum absolute atomic E-state index is 0. The third-order valence-electron chi connectivity index (χ3n) is 2.79. The van der Waals surface area contributed by atoms with Gasteiger partial charge in [-0.1, -0.05) is 12.1 Å². The van der Waals surface area contributed by atoms with Crippen LogP contribution < -0.4 is 10.5 Å². The number of benzene rings is 1. The summed E-state index contributed by atoms with van der Waals surface area (Å²) in [5, 5.41) is 8.78. The molecule has 17 heavy (non-hydrogen) atoms. The van der Waals surface area contributed by atoms with E-state index in [9.17, 15) is 0 Å². The van der Waals surface area contributed by atoms with E-state index in [0.29, 0.717) is 0 Å². The van der Waals surface area contributed by atoms with Gasteiger partial charge in [0.2, 0.25) is 0 Å². The van der Waals surface area contributed by atoms with Gasteiger partial charge >= 0.3 is 0 Å². The number of methoxy groups -OCH3 is 1. The molecule has 0 radical (unpaired) electrons. The van der Waals surface area contributed by atoms with Gasteiger partial charge in [-0.05, 0) is 43.4 Å². The maximum Gasteiger partial charge on any atom is 0.124 e. The van der Waals surface area contributed by atoms with Crippen molar-refractivity contribution < 1.29 is 9.84 Å². The molecule has 0 heterocycles. The predicted molar refractivity (Wildman–Crippen MR) is 73.0 cm³/mol. The molecule has 0 aliphatic heterocycles. The van der Waals surface area contributed by atoms with E-state index in [2.05, 4.69) is 12.1 Å². The Labute approximate surface area is 109 Å². The van der Waals surface area contributed by atoms with Crippen LogP contribution in [-0.2, 0) is 0 Å². The summed E-state index contributed by atoms with van der Waals surface area (Å²) in [4.78, 5) is 0. The quantitative estimate of drug-likeness (QED) is 0.854. The average molecular weight is 260 g/mol. The number of hydrogen-bond donors (Lipinski definition) is 2. The van der Waals surface area contributed by atoms with Crippen LogP contribution in [0.3, 0.4) is 0 Å². The van der Waals surface area contributed by atoms with Gasteiger partial charge in [0.05, 0.1) is 7.11 Å². The van der Waals surface area contributed by atoms with Gasteiger partial charge in [-0.25, -0.2) is 0 Å². The number of aryl methyl sites for hydroxylation is 2. The average Bonchev–Trinajstić information content (AvgIpc) is 2.25. The lowest BCUT2D eigenvalue weighted by Crippen LogP contribution is -2.11. The van der Waals surface area contributed by atoms with Gasteiger partial charge in [0, 0.05) is 12.6 Å². The minimum Gasteiger partial charge on any atom is -0.496 e. The summed E-state index contributed by atoms with van der Waals surface area (Å²) in [6, 6.07) is 4.12. The standard InChI is InChI=1S/C13H21NO2.ClH/c1-9-7-11(12(14)5-4-6-15)8-10(2)13(9)16-3;/h7-8,12,15H,4-6,14H2,1-3H3;1H/t12-;/m0./s1. The molecule has 0 bridgehead atoms. The van der Waals surface area contributed by atoms with Crippen molar-refractivity contribution in [1.29, 1.82) is 0 Å². The molecule has 0 aliphatic carbocycles. The molecule has 0 aliphatic rings. The predicted octanol–water partition coefficient (Wildman–Crippen LogP) is 2.51. The van der Waals surface area contributed by atoms with Crippen LogP contribution in [0.15, 0.2) is 12.1 Å². The van der Waals surface area contributed by atoms with E-state index in [4.69, 9.17) is 15.6 Å². The fourth-order valence-electron chi connectivity index (χ4n) is 2.00. The highest BCUT2D eigenvalue weighted by Gasteiger charge is 2.10. The van der Waals surface area contributed by atoms with Gasteiger partial charge in [0.15, 0.2) is 0 Å². The van der Waals surface area contributed by atoms with E-state index in [-0.39, 0.29) is 25.1 Å². The summed E-state index contributed by atoms with van der Waals surface area (Å²) < 4.78 is 5.31. The Bertz CT molecular complexity index is 332. The van der Waals surface area contributed by atoms with Gasteiger partial charge in [0.1, 0.15) is 5.75 Å². The molecule has 1 atom stereocenters. The molecule has 3 N–H and O–H groups in total. The molecular weight excluding hydrogens is 238 g/mol. The van der Waals surface area contributed by atoms with Crippen LogP contribution in [0, 0.1) is 13.8 Å². The second-order valence-corrected chi connectivity index (χ2v) is 4.16. The van der Waals surface area contributed by atoms with Gasteiger partial charge in [-0.15, -0.1) is 12.4 Å². The SMILES string of the molecule is COc1c(C)cc([C@@H](N)CCCO)cc1C.Cl. The Morgan fingerprint density at radius 3 is 2.24 bits per heavy atom. The molecule has 0 unspecified atom stereocenters. The molecule has 0 saturated carbocycles. The third-order valence-corrected chi connectivity index (χ3v) is 2.79. The zero-order chi connectivity index (χ0) is 12.1. The first-order chi connectivity index (χ1) is 7.60. The molecular formula is C13H22ClNO2. The van der Waals surface area contributed by atoms with E-state index in [1.165, 1.54) is 0 Å². The van der Waals surface area contributed by atoms with Crippen LogP contribution in [0.1, 0.15) is 35.6 Å². The van der Waals surface area contributed by atoms with Crippen molar-refractivity contribution >= 4 is 12.4 Å². The largest absolute Gasteiger partial charge is 0.496 e. The Morgan fingerprint density at radius 1 is 1.29 bits per heavy atom. The van der Waals surface area contributed by atoms with Crippen LogP contribution in [0.25, 0.3) is 0 Å². The molecule has 1 rings (SSSR count). The highest BCUT2D eigenvalue weighted by atomic mass is 35.5. The summed E-state index contributed by atoms with van der Waals surface area (Å²) in [7, 11) is 1.68. The number of aliphatic hydroxyl groups excluding tert-OH is 1. The van der Waals surface area contributed by atoms with Crippen molar-refractivity contribution in [1.82, 2.24) is 0 Å². The zero-order valence-electron chi connectivity index (χ0n) is 10.7. The van der Waals surface area contributed by atoms with Gasteiger partial charge in [-0.3, -0.25) is 0 Å². The number of ether oxygens (including phenoxy) is 1. The molecule has 0 spiro atoms. The minimum atomic E-state index is -0.00421. The number of halogens is 1. The highest BCUT2D eigenvalue weighted by Crippen LogP contribution is 2.27. The van der Waals surface area contributed by atoms with Crippen molar-refractivity contribution in [3.8, 4) is 5.75 Å². The molecule has 98 valence electrons. The lowest BCUT2D eigenvalue weighted by atomic mass is 9.98. The number of hydrogen-bond acceptors (Lipinski definition) is 3. The first-order valence-electron chi connectivity index (χ1n) is 5.61. The van der Waals surface area contributed by atoms with E-state index in [1.807, 2.05) is 13.8 Å². The maximum atomic E-state index is 8.78. The van der Waals surface area contributed by atoms with Crippen LogP contribution in [0.4, 0.5) is 0 Å². The Balaban J connectivity index is 0.00000256. The molecule has 1 aromatic rings. The maximum absolute atomic E-state index is 8.78. The van der Waals surface area contributed by atoms with E-state index >= 15 is 0 Å². The van der Waals surface area contributed by atoms with Crippen molar-refractivity contribution in [2.75, 3.05) is 13.7 Å². The van der Waals surface area contributed by atoms with Crippen LogP contribution in [0.5, 0.6) is 5.75 Å². The molecule has 4 heteroatoms. The zero-order valence-corrected chi connectivity index (χ0v) is 11.5. The smallest absolute Gasteiger partial charge is 0.124 e. The van der Waals surface area contributed by atoms with E-state index in [1.54, 1.807) is 7.11 Å². The van der Waals surface area contributed by atoms with Crippen LogP contribution in [-0.4, -0.2) is 18.8 Å². The monoisotopic (exact) mass is 259 g/mol. The van der Waals surface area contributed by atoms with E-state index in [0.717, 1.165) is 35.3 Å². The fraction of sp³-hybridized carbons (Fsp3) is 0.538. The van der Waals surface area contributed by atoms with Gasteiger partial charge < -0.3 is 15.6 Å². The lowest BCUT2D eigenvalue weighted by molar-refractivity contribution is 0.280. The molecule has 0 aromatic heterocycles. The number of rotatable bonds is 5. The van der Waals surface area contributed by atoms with Gasteiger partial charge in [0.25, 0.3) is 0 Å². The van der Waals surface area contributed by atoms with E-state index < -0.39 is 0 Å². The molecule has 0 amide bonds. The summed E-state index contributed by atoms with van der Waals surface area (Å²) in [5.41, 5.74) is 9.39. The number of nitrogens with two attached hydrogens (primary N) is 1. The Hall–Kier alpha value is -0.770. The number of aliphatic hydroxyl groups is 1. The van der Waals surface area contributed by atoms with Gasteiger partial charge in [-0.2, -0.15) is 0 Å². The van der Waals surface area contributed by atoms with Crippen molar-refractivity contribution in [3.05, 3.63) is 28.8 Å². The molecule has 3 nitrogen and oxygen atoms in total. The third kappa shape index (κ3) is 4.19. The summed E-state index contributed by atoms with van der Waals surface area (Å²) in [5.74, 6) is 0.929. The normalized spacial score (nSPS) is 11.8.